The van der Waals surface area contributed by atoms with E-state index in [1.54, 1.807) is 14.2 Å². The van der Waals surface area contributed by atoms with Gasteiger partial charge in [0.15, 0.2) is 11.5 Å². The molecule has 1 aliphatic carbocycles. The van der Waals surface area contributed by atoms with E-state index in [-0.39, 0.29) is 35.3 Å². The molecule has 0 aromatic heterocycles. The summed E-state index contributed by atoms with van der Waals surface area (Å²) in [5.41, 5.74) is 2.39. The van der Waals surface area contributed by atoms with Crippen LogP contribution in [0.2, 0.25) is 0 Å². The van der Waals surface area contributed by atoms with E-state index in [0.29, 0.717) is 18.0 Å². The molecule has 0 aliphatic heterocycles. The molecule has 4 atom stereocenters. The summed E-state index contributed by atoms with van der Waals surface area (Å²) in [7, 11) is 4.81. The fourth-order valence-electron chi connectivity index (χ4n) is 5.43. The molecule has 33 heavy (non-hydrogen) atoms. The molecule has 1 aliphatic rings. The Labute approximate surface area is 199 Å². The van der Waals surface area contributed by atoms with Gasteiger partial charge in [-0.05, 0) is 54.4 Å². The molecule has 0 heterocycles. The van der Waals surface area contributed by atoms with Gasteiger partial charge >= 0.3 is 5.97 Å². The number of esters is 1. The Morgan fingerprint density at radius 3 is 2.24 bits per heavy atom. The first kappa shape index (κ1) is 25.1. The number of hydrogen-bond acceptors (Lipinski definition) is 5. The first-order valence-electron chi connectivity index (χ1n) is 11.8. The molecule has 3 rings (SSSR count). The van der Waals surface area contributed by atoms with Crippen molar-refractivity contribution >= 4 is 5.97 Å². The Balaban J connectivity index is 2.02. The van der Waals surface area contributed by atoms with E-state index in [1.807, 2.05) is 18.2 Å². The van der Waals surface area contributed by atoms with E-state index in [2.05, 4.69) is 62.9 Å². The summed E-state index contributed by atoms with van der Waals surface area (Å²) in [4.78, 5) is 15.6. The number of carbonyl (C=O) groups excluding carboxylic acids is 1. The molecular formula is C28H39NO4. The quantitative estimate of drug-likeness (QED) is 0.467. The Morgan fingerprint density at radius 1 is 1.00 bits per heavy atom. The second kappa shape index (κ2) is 10.6. The van der Waals surface area contributed by atoms with Gasteiger partial charge in [-0.1, -0.05) is 57.2 Å². The van der Waals surface area contributed by atoms with Crippen LogP contribution in [-0.4, -0.2) is 38.2 Å². The SMILES string of the molecule is COC(=O)[C@@H]1[C@H](N(Cc2ccc(OC)c(OC)c2)[C@H](C)c2ccccc2)CC[C@H]1C(C)(C)C. The van der Waals surface area contributed by atoms with Gasteiger partial charge in [0.05, 0.1) is 27.2 Å². The number of hydrogen-bond donors (Lipinski definition) is 0. The molecular weight excluding hydrogens is 414 g/mol. The van der Waals surface area contributed by atoms with Crippen LogP contribution in [-0.2, 0) is 16.1 Å². The van der Waals surface area contributed by atoms with Gasteiger partial charge in [0.1, 0.15) is 0 Å². The minimum atomic E-state index is -0.165. The Kier molecular flexibility index (Phi) is 8.06. The second-order valence-corrected chi connectivity index (χ2v) is 10.1. The number of carbonyl (C=O) groups is 1. The van der Waals surface area contributed by atoms with Crippen molar-refractivity contribution in [3.05, 3.63) is 59.7 Å². The zero-order valence-electron chi connectivity index (χ0n) is 21.1. The van der Waals surface area contributed by atoms with Crippen LogP contribution < -0.4 is 9.47 Å². The zero-order valence-corrected chi connectivity index (χ0v) is 21.1. The lowest BCUT2D eigenvalue weighted by Crippen LogP contribution is -2.45. The third kappa shape index (κ3) is 5.52. The lowest BCUT2D eigenvalue weighted by molar-refractivity contribution is -0.151. The highest BCUT2D eigenvalue weighted by molar-refractivity contribution is 5.74. The molecule has 0 unspecified atom stereocenters. The smallest absolute Gasteiger partial charge is 0.310 e. The van der Waals surface area contributed by atoms with Crippen LogP contribution in [0.15, 0.2) is 48.5 Å². The van der Waals surface area contributed by atoms with Crippen molar-refractivity contribution in [2.75, 3.05) is 21.3 Å². The summed E-state index contributed by atoms with van der Waals surface area (Å²) in [5.74, 6) is 1.43. The van der Waals surface area contributed by atoms with Crippen LogP contribution in [0, 0.1) is 17.3 Å². The van der Waals surface area contributed by atoms with Crippen LogP contribution in [0.3, 0.4) is 0 Å². The molecule has 5 nitrogen and oxygen atoms in total. The van der Waals surface area contributed by atoms with Crippen molar-refractivity contribution in [1.29, 1.82) is 0 Å². The first-order chi connectivity index (χ1) is 15.7. The van der Waals surface area contributed by atoms with Gasteiger partial charge < -0.3 is 14.2 Å². The highest BCUT2D eigenvalue weighted by atomic mass is 16.5. The fourth-order valence-corrected chi connectivity index (χ4v) is 5.43. The molecule has 0 amide bonds. The summed E-state index contributed by atoms with van der Waals surface area (Å²) in [6, 6.07) is 16.8. The Hall–Kier alpha value is -2.53. The van der Waals surface area contributed by atoms with Crippen LogP contribution >= 0.6 is 0 Å². The van der Waals surface area contributed by atoms with Crippen molar-refractivity contribution in [2.45, 2.75) is 59.2 Å². The number of methoxy groups -OCH3 is 3. The van der Waals surface area contributed by atoms with Crippen LogP contribution in [0.25, 0.3) is 0 Å². The molecule has 2 aromatic carbocycles. The monoisotopic (exact) mass is 453 g/mol. The third-order valence-corrected chi connectivity index (χ3v) is 7.23. The normalized spacial score (nSPS) is 21.6. The topological polar surface area (TPSA) is 48.0 Å². The molecule has 0 radical (unpaired) electrons. The van der Waals surface area contributed by atoms with Gasteiger partial charge in [0, 0.05) is 18.6 Å². The average Bonchev–Trinajstić information content (AvgIpc) is 3.27. The summed E-state index contributed by atoms with van der Waals surface area (Å²) in [6.45, 7) is 9.63. The van der Waals surface area contributed by atoms with Crippen molar-refractivity contribution < 1.29 is 19.0 Å². The molecule has 0 N–H and O–H groups in total. The van der Waals surface area contributed by atoms with Gasteiger partial charge in [0.2, 0.25) is 0 Å². The summed E-state index contributed by atoms with van der Waals surface area (Å²) >= 11 is 0. The number of ether oxygens (including phenoxy) is 3. The second-order valence-electron chi connectivity index (χ2n) is 10.1. The minimum absolute atomic E-state index is 0.0264. The van der Waals surface area contributed by atoms with Gasteiger partial charge in [0.25, 0.3) is 0 Å². The van der Waals surface area contributed by atoms with Crippen LogP contribution in [0.4, 0.5) is 0 Å². The first-order valence-corrected chi connectivity index (χ1v) is 11.8. The predicted octanol–water partition coefficient (Wildman–Crippen LogP) is 5.88. The molecule has 1 fully saturated rings. The lowest BCUT2D eigenvalue weighted by Gasteiger charge is -2.40. The number of benzene rings is 2. The maximum Gasteiger partial charge on any atom is 0.310 e. The van der Waals surface area contributed by atoms with E-state index in [4.69, 9.17) is 14.2 Å². The van der Waals surface area contributed by atoms with Crippen molar-refractivity contribution in [2.24, 2.45) is 17.3 Å². The minimum Gasteiger partial charge on any atom is -0.493 e. The van der Waals surface area contributed by atoms with Crippen molar-refractivity contribution in [3.8, 4) is 11.5 Å². The predicted molar refractivity (Wildman–Crippen MR) is 131 cm³/mol. The van der Waals surface area contributed by atoms with Gasteiger partial charge in [-0.3, -0.25) is 9.69 Å². The molecule has 5 heteroatoms. The lowest BCUT2D eigenvalue weighted by atomic mass is 9.74. The van der Waals surface area contributed by atoms with E-state index in [0.717, 1.165) is 18.4 Å². The van der Waals surface area contributed by atoms with Crippen LogP contribution in [0.1, 0.15) is 57.7 Å². The van der Waals surface area contributed by atoms with Crippen LogP contribution in [0.5, 0.6) is 11.5 Å². The third-order valence-electron chi connectivity index (χ3n) is 7.23. The maximum atomic E-state index is 13.1. The van der Waals surface area contributed by atoms with E-state index >= 15 is 0 Å². The van der Waals surface area contributed by atoms with Gasteiger partial charge in [-0.25, -0.2) is 0 Å². The summed E-state index contributed by atoms with van der Waals surface area (Å²) in [6.07, 6.45) is 1.98. The highest BCUT2D eigenvalue weighted by Gasteiger charge is 2.49. The summed E-state index contributed by atoms with van der Waals surface area (Å²) in [5, 5.41) is 0. The Bertz CT molecular complexity index is 921. The van der Waals surface area contributed by atoms with E-state index in [1.165, 1.54) is 12.7 Å². The fraction of sp³-hybridized carbons (Fsp3) is 0.536. The Morgan fingerprint density at radius 2 is 1.67 bits per heavy atom. The van der Waals surface area contributed by atoms with Gasteiger partial charge in [-0.2, -0.15) is 0 Å². The van der Waals surface area contributed by atoms with Crippen molar-refractivity contribution in [1.82, 2.24) is 4.90 Å². The van der Waals surface area contributed by atoms with Gasteiger partial charge in [-0.15, -0.1) is 0 Å². The van der Waals surface area contributed by atoms with Crippen molar-refractivity contribution in [3.63, 3.8) is 0 Å². The number of rotatable bonds is 8. The average molecular weight is 454 g/mol. The molecule has 2 aromatic rings. The number of nitrogens with zero attached hydrogens (tertiary/aromatic N) is 1. The maximum absolute atomic E-state index is 13.1. The molecule has 180 valence electrons. The zero-order chi connectivity index (χ0) is 24.2. The van der Waals surface area contributed by atoms with E-state index < -0.39 is 0 Å². The molecule has 0 spiro atoms. The highest BCUT2D eigenvalue weighted by Crippen LogP contribution is 2.48. The standard InChI is InChI=1S/C28H39NO4/c1-19(21-11-9-8-10-12-21)29(18-20-13-16-24(31-5)25(17-20)32-6)23-15-14-22(28(2,3)4)26(23)27(30)33-7/h8-13,16-17,19,22-23,26H,14-15,18H2,1-7H3/t19-,22-,23-,26+/m1/s1. The molecule has 1 saturated carbocycles. The molecule has 0 saturated heterocycles. The largest absolute Gasteiger partial charge is 0.493 e. The van der Waals surface area contributed by atoms with E-state index in [9.17, 15) is 4.79 Å². The molecule has 0 bridgehead atoms. The summed E-state index contributed by atoms with van der Waals surface area (Å²) < 4.78 is 16.3.